The summed E-state index contributed by atoms with van der Waals surface area (Å²) in [5.74, 6) is 0.782. The Morgan fingerprint density at radius 1 is 1.00 bits per heavy atom. The quantitative estimate of drug-likeness (QED) is 0.416. The number of nitrogens with zero attached hydrogens (tertiary/aromatic N) is 1. The first-order valence-electron chi connectivity index (χ1n) is 10.2. The average molecular weight is 415 g/mol. The summed E-state index contributed by atoms with van der Waals surface area (Å²) in [6.45, 7) is 2.40. The van der Waals surface area contributed by atoms with Crippen LogP contribution in [0.1, 0.15) is 11.1 Å². The number of aryl methyl sites for hydroxylation is 1. The number of nitrogens with one attached hydrogen (secondary N) is 2. The number of benzene rings is 3. The van der Waals surface area contributed by atoms with Crippen molar-refractivity contribution in [3.05, 3.63) is 71.8 Å². The van der Waals surface area contributed by atoms with Crippen molar-refractivity contribution in [3.8, 4) is 5.75 Å². The lowest BCUT2D eigenvalue weighted by Crippen LogP contribution is -2.20. The van der Waals surface area contributed by atoms with Crippen LogP contribution in [0.25, 0.3) is 21.8 Å². The molecule has 3 aromatic carbocycles. The molecule has 1 aromatic heterocycles. The molecule has 1 heterocycles. The standard InChI is InChI=1S/C25H25N3O3/c1-16-7-9-22-20(13-16)24(21-15-19(30-3)8-10-23(21)28-22)27-18-6-4-5-17(14-18)11-12-31-25(29)26-2/h4-10,13-15H,11-12H2,1-3H3,(H,26,29)(H,27,28). The minimum Gasteiger partial charge on any atom is -0.497 e. The van der Waals surface area contributed by atoms with Crippen molar-refractivity contribution in [2.24, 2.45) is 0 Å². The molecule has 1 amide bonds. The van der Waals surface area contributed by atoms with E-state index < -0.39 is 6.09 Å². The molecule has 0 radical (unpaired) electrons. The van der Waals surface area contributed by atoms with E-state index in [0.717, 1.165) is 44.5 Å². The maximum atomic E-state index is 11.3. The van der Waals surface area contributed by atoms with Crippen molar-refractivity contribution in [2.45, 2.75) is 13.3 Å². The number of carbonyl (C=O) groups is 1. The SMILES string of the molecule is CNC(=O)OCCc1cccc(Nc2c3cc(C)ccc3nc3ccc(OC)cc23)c1. The molecule has 0 aliphatic heterocycles. The highest BCUT2D eigenvalue weighted by atomic mass is 16.5. The minimum absolute atomic E-state index is 0.320. The van der Waals surface area contributed by atoms with Gasteiger partial charge in [-0.25, -0.2) is 9.78 Å². The van der Waals surface area contributed by atoms with E-state index in [1.807, 2.05) is 42.5 Å². The summed E-state index contributed by atoms with van der Waals surface area (Å²) in [5, 5.41) is 8.10. The average Bonchev–Trinajstić information content (AvgIpc) is 2.79. The zero-order chi connectivity index (χ0) is 21.8. The lowest BCUT2D eigenvalue weighted by molar-refractivity contribution is 0.150. The Balaban J connectivity index is 1.73. The van der Waals surface area contributed by atoms with Crippen molar-refractivity contribution < 1.29 is 14.3 Å². The number of rotatable bonds is 6. The maximum Gasteiger partial charge on any atom is 0.406 e. The van der Waals surface area contributed by atoms with E-state index in [0.29, 0.717) is 13.0 Å². The molecular formula is C25H25N3O3. The number of carbonyl (C=O) groups excluding carboxylic acids is 1. The predicted octanol–water partition coefficient (Wildman–Crippen LogP) is 5.35. The van der Waals surface area contributed by atoms with E-state index in [-0.39, 0.29) is 0 Å². The van der Waals surface area contributed by atoms with Gasteiger partial charge in [0.25, 0.3) is 0 Å². The van der Waals surface area contributed by atoms with Gasteiger partial charge in [0.2, 0.25) is 0 Å². The number of pyridine rings is 1. The molecular weight excluding hydrogens is 390 g/mol. The van der Waals surface area contributed by atoms with Crippen LogP contribution in [0.2, 0.25) is 0 Å². The van der Waals surface area contributed by atoms with Crippen molar-refractivity contribution >= 4 is 39.3 Å². The van der Waals surface area contributed by atoms with E-state index in [4.69, 9.17) is 14.5 Å². The molecule has 6 nitrogen and oxygen atoms in total. The summed E-state index contributed by atoms with van der Waals surface area (Å²) >= 11 is 0. The number of methoxy groups -OCH3 is 1. The summed E-state index contributed by atoms with van der Waals surface area (Å²) < 4.78 is 10.6. The van der Waals surface area contributed by atoms with Gasteiger partial charge in [0.1, 0.15) is 5.75 Å². The lowest BCUT2D eigenvalue weighted by Gasteiger charge is -2.15. The summed E-state index contributed by atoms with van der Waals surface area (Å²) in [5.41, 5.74) is 6.01. The smallest absolute Gasteiger partial charge is 0.406 e. The van der Waals surface area contributed by atoms with Crippen LogP contribution in [0, 0.1) is 6.92 Å². The summed E-state index contributed by atoms with van der Waals surface area (Å²) in [6.07, 6.45) is 0.210. The molecule has 0 bridgehead atoms. The highest BCUT2D eigenvalue weighted by Gasteiger charge is 2.11. The molecule has 0 saturated heterocycles. The highest BCUT2D eigenvalue weighted by molar-refractivity contribution is 6.09. The Morgan fingerprint density at radius 3 is 2.55 bits per heavy atom. The van der Waals surface area contributed by atoms with Gasteiger partial charge in [0.05, 0.1) is 30.4 Å². The van der Waals surface area contributed by atoms with Crippen LogP contribution in [0.5, 0.6) is 5.75 Å². The molecule has 0 unspecified atom stereocenters. The van der Waals surface area contributed by atoms with Gasteiger partial charge in [-0.05, 0) is 55.0 Å². The molecule has 0 aliphatic rings. The zero-order valence-electron chi connectivity index (χ0n) is 17.9. The normalized spacial score (nSPS) is 10.8. The second-order valence-electron chi connectivity index (χ2n) is 7.35. The van der Waals surface area contributed by atoms with E-state index in [1.165, 1.54) is 5.56 Å². The Morgan fingerprint density at radius 2 is 1.77 bits per heavy atom. The number of hydrogen-bond donors (Lipinski definition) is 2. The molecule has 4 aromatic rings. The summed E-state index contributed by atoms with van der Waals surface area (Å²) in [4.78, 5) is 16.1. The number of anilines is 2. The van der Waals surface area contributed by atoms with Crippen molar-refractivity contribution in [1.82, 2.24) is 10.3 Å². The van der Waals surface area contributed by atoms with E-state index >= 15 is 0 Å². The first kappa shape index (κ1) is 20.5. The zero-order valence-corrected chi connectivity index (χ0v) is 17.9. The number of alkyl carbamates (subject to hydrolysis) is 1. The van der Waals surface area contributed by atoms with Crippen LogP contribution in [0.4, 0.5) is 16.2 Å². The van der Waals surface area contributed by atoms with Crippen molar-refractivity contribution in [3.63, 3.8) is 0 Å². The van der Waals surface area contributed by atoms with Gasteiger partial charge in [0.15, 0.2) is 0 Å². The van der Waals surface area contributed by atoms with Gasteiger partial charge in [-0.15, -0.1) is 0 Å². The van der Waals surface area contributed by atoms with Crippen molar-refractivity contribution in [1.29, 1.82) is 0 Å². The summed E-state index contributed by atoms with van der Waals surface area (Å²) in [7, 11) is 3.21. The van der Waals surface area contributed by atoms with Crippen LogP contribution in [-0.4, -0.2) is 31.8 Å². The minimum atomic E-state index is -0.423. The lowest BCUT2D eigenvalue weighted by atomic mass is 10.0. The second kappa shape index (κ2) is 8.92. The summed E-state index contributed by atoms with van der Waals surface area (Å²) in [6, 6.07) is 20.3. The van der Waals surface area contributed by atoms with Crippen LogP contribution in [0.3, 0.4) is 0 Å². The topological polar surface area (TPSA) is 72.5 Å². The first-order valence-corrected chi connectivity index (χ1v) is 10.2. The molecule has 0 fully saturated rings. The predicted molar refractivity (Wildman–Crippen MR) is 124 cm³/mol. The molecule has 2 N–H and O–H groups in total. The van der Waals surface area contributed by atoms with E-state index in [1.54, 1.807) is 14.2 Å². The van der Waals surface area contributed by atoms with E-state index in [2.05, 4.69) is 35.8 Å². The maximum absolute atomic E-state index is 11.3. The number of amides is 1. The van der Waals surface area contributed by atoms with Gasteiger partial charge in [-0.1, -0.05) is 23.8 Å². The third-order valence-electron chi connectivity index (χ3n) is 5.16. The van der Waals surface area contributed by atoms with Crippen LogP contribution < -0.4 is 15.4 Å². The molecule has 158 valence electrons. The fourth-order valence-electron chi connectivity index (χ4n) is 3.58. The van der Waals surface area contributed by atoms with Crippen LogP contribution >= 0.6 is 0 Å². The Bertz CT molecular complexity index is 1250. The molecule has 0 spiro atoms. The first-order chi connectivity index (χ1) is 15.1. The molecule has 31 heavy (non-hydrogen) atoms. The van der Waals surface area contributed by atoms with Gasteiger partial charge in [-0.3, -0.25) is 0 Å². The van der Waals surface area contributed by atoms with Gasteiger partial charge in [0, 0.05) is 29.9 Å². The third kappa shape index (κ3) is 4.53. The Hall–Kier alpha value is -3.80. The van der Waals surface area contributed by atoms with Gasteiger partial charge < -0.3 is 20.1 Å². The molecule has 4 rings (SSSR count). The fourth-order valence-corrected chi connectivity index (χ4v) is 3.58. The fraction of sp³-hybridized carbons (Fsp3) is 0.200. The molecule has 0 atom stereocenters. The molecule has 6 heteroatoms. The second-order valence-corrected chi connectivity index (χ2v) is 7.35. The Kier molecular flexibility index (Phi) is 5.89. The van der Waals surface area contributed by atoms with E-state index in [9.17, 15) is 4.79 Å². The number of hydrogen-bond acceptors (Lipinski definition) is 5. The number of fused-ring (bicyclic) bond motifs is 2. The van der Waals surface area contributed by atoms with Gasteiger partial charge in [-0.2, -0.15) is 0 Å². The molecule has 0 saturated carbocycles. The van der Waals surface area contributed by atoms with Crippen LogP contribution in [0.15, 0.2) is 60.7 Å². The van der Waals surface area contributed by atoms with Gasteiger partial charge >= 0.3 is 6.09 Å². The highest BCUT2D eigenvalue weighted by Crippen LogP contribution is 2.35. The largest absolute Gasteiger partial charge is 0.497 e. The molecule has 0 aliphatic carbocycles. The van der Waals surface area contributed by atoms with Crippen molar-refractivity contribution in [2.75, 3.05) is 26.1 Å². The monoisotopic (exact) mass is 415 g/mol. The van der Waals surface area contributed by atoms with Crippen LogP contribution in [-0.2, 0) is 11.2 Å². The number of ether oxygens (including phenoxy) is 2. The third-order valence-corrected chi connectivity index (χ3v) is 5.16. The number of aromatic nitrogens is 1. The Labute approximate surface area is 181 Å².